The summed E-state index contributed by atoms with van der Waals surface area (Å²) in [5, 5.41) is 24.0. The van der Waals surface area contributed by atoms with Gasteiger partial charge in [0, 0.05) is 61.2 Å². The van der Waals surface area contributed by atoms with Gasteiger partial charge in [-0.25, -0.2) is 9.97 Å². The van der Waals surface area contributed by atoms with Crippen LogP contribution in [0.5, 0.6) is 0 Å². The third-order valence-corrected chi connectivity index (χ3v) is 5.97. The van der Waals surface area contributed by atoms with Gasteiger partial charge in [0.25, 0.3) is 0 Å². The molecule has 164 valence electrons. The first kappa shape index (κ1) is 20.4. The number of nitriles is 1. The molecule has 0 radical (unpaired) electrons. The predicted octanol–water partition coefficient (Wildman–Crippen LogP) is 3.08. The fraction of sp³-hybridized carbons (Fsp3) is 0.391. The summed E-state index contributed by atoms with van der Waals surface area (Å²) in [6, 6.07) is 8.59. The van der Waals surface area contributed by atoms with E-state index in [1.54, 1.807) is 12.4 Å². The molecule has 2 fully saturated rings. The van der Waals surface area contributed by atoms with Gasteiger partial charge >= 0.3 is 0 Å². The van der Waals surface area contributed by atoms with Crippen molar-refractivity contribution in [1.82, 2.24) is 25.1 Å². The first-order valence-corrected chi connectivity index (χ1v) is 11.0. The van der Waals surface area contributed by atoms with Crippen molar-refractivity contribution in [3.05, 3.63) is 48.5 Å². The number of benzene rings is 1. The minimum atomic E-state index is 0.329. The zero-order chi connectivity index (χ0) is 21.8. The zero-order valence-corrected chi connectivity index (χ0v) is 17.8. The Morgan fingerprint density at radius 2 is 1.94 bits per heavy atom. The monoisotopic (exact) mass is 430 g/mol. The zero-order valence-electron chi connectivity index (χ0n) is 17.8. The highest BCUT2D eigenvalue weighted by atomic mass is 16.5. The van der Waals surface area contributed by atoms with Gasteiger partial charge in [-0.2, -0.15) is 10.4 Å². The molecule has 3 N–H and O–H groups in total. The predicted molar refractivity (Wildman–Crippen MR) is 122 cm³/mol. The molecule has 0 spiro atoms. The van der Waals surface area contributed by atoms with E-state index in [1.165, 1.54) is 0 Å². The lowest BCUT2D eigenvalue weighted by atomic mass is 10.1. The topological polar surface area (TPSA) is 113 Å². The quantitative estimate of drug-likeness (QED) is 0.547. The Bertz CT molecular complexity index is 1090. The fourth-order valence-electron chi connectivity index (χ4n) is 4.14. The van der Waals surface area contributed by atoms with Crippen LogP contribution in [0.2, 0.25) is 0 Å². The van der Waals surface area contributed by atoms with E-state index in [1.807, 2.05) is 29.1 Å². The first-order chi connectivity index (χ1) is 15.8. The lowest BCUT2D eigenvalue weighted by molar-refractivity contribution is 0.0662. The molecule has 0 bridgehead atoms. The third kappa shape index (κ3) is 4.56. The average molecular weight is 431 g/mol. The number of ether oxygens (including phenoxy) is 1. The van der Waals surface area contributed by atoms with Crippen molar-refractivity contribution in [2.75, 3.05) is 36.9 Å². The molecule has 5 rings (SSSR count). The van der Waals surface area contributed by atoms with Crippen LogP contribution < -0.4 is 16.0 Å². The lowest BCUT2D eigenvalue weighted by Gasteiger charge is -2.22. The maximum atomic E-state index is 9.43. The number of nitrogens with one attached hydrogen (secondary N) is 3. The van der Waals surface area contributed by atoms with Crippen molar-refractivity contribution >= 4 is 17.3 Å². The number of rotatable bonds is 6. The second-order valence-electron chi connectivity index (χ2n) is 8.18. The summed E-state index contributed by atoms with van der Waals surface area (Å²) in [6.45, 7) is 3.46. The van der Waals surface area contributed by atoms with E-state index in [0.717, 1.165) is 68.1 Å². The highest BCUT2D eigenvalue weighted by Crippen LogP contribution is 2.26. The van der Waals surface area contributed by atoms with Gasteiger partial charge in [0.05, 0.1) is 23.5 Å². The van der Waals surface area contributed by atoms with Crippen molar-refractivity contribution in [3.8, 4) is 17.2 Å². The summed E-state index contributed by atoms with van der Waals surface area (Å²) in [4.78, 5) is 8.95. The highest BCUT2D eigenvalue weighted by molar-refractivity contribution is 5.68. The Morgan fingerprint density at radius 1 is 1.09 bits per heavy atom. The van der Waals surface area contributed by atoms with E-state index in [4.69, 9.17) is 4.74 Å². The van der Waals surface area contributed by atoms with Crippen molar-refractivity contribution < 1.29 is 4.74 Å². The van der Waals surface area contributed by atoms with E-state index in [9.17, 15) is 5.26 Å². The minimum absolute atomic E-state index is 0.329. The van der Waals surface area contributed by atoms with Crippen LogP contribution in [0.1, 0.15) is 30.9 Å². The molecule has 4 heterocycles. The highest BCUT2D eigenvalue weighted by Gasteiger charge is 2.18. The Morgan fingerprint density at radius 3 is 2.69 bits per heavy atom. The average Bonchev–Trinajstić information content (AvgIpc) is 3.53. The molecule has 2 aliphatic rings. The molecule has 0 aliphatic carbocycles. The van der Waals surface area contributed by atoms with Crippen LogP contribution in [-0.4, -0.2) is 52.1 Å². The van der Waals surface area contributed by atoms with Gasteiger partial charge in [-0.05, 0) is 44.0 Å². The molecule has 1 atom stereocenters. The maximum absolute atomic E-state index is 9.43. The van der Waals surface area contributed by atoms with Crippen LogP contribution in [0.15, 0.2) is 43.0 Å². The summed E-state index contributed by atoms with van der Waals surface area (Å²) in [6.07, 6.45) is 10.5. The molecule has 0 amide bonds. The Kier molecular flexibility index (Phi) is 5.96. The lowest BCUT2D eigenvalue weighted by Crippen LogP contribution is -2.22. The van der Waals surface area contributed by atoms with Crippen LogP contribution in [0.3, 0.4) is 0 Å². The Hall–Kier alpha value is -3.48. The first-order valence-electron chi connectivity index (χ1n) is 11.0. The van der Waals surface area contributed by atoms with Crippen LogP contribution in [0.4, 0.5) is 17.3 Å². The molecule has 3 aromatic rings. The molecule has 0 saturated carbocycles. The van der Waals surface area contributed by atoms with Gasteiger partial charge in [0.15, 0.2) is 0 Å². The molecule has 2 aromatic heterocycles. The van der Waals surface area contributed by atoms with Crippen molar-refractivity contribution in [2.24, 2.45) is 0 Å². The second-order valence-corrected chi connectivity index (χ2v) is 8.18. The largest absolute Gasteiger partial charge is 0.381 e. The maximum Gasteiger partial charge on any atom is 0.227 e. The number of aromatic nitrogens is 4. The van der Waals surface area contributed by atoms with E-state index < -0.39 is 0 Å². The molecular formula is C23H26N8O. The summed E-state index contributed by atoms with van der Waals surface area (Å²) < 4.78 is 7.46. The van der Waals surface area contributed by atoms with Crippen molar-refractivity contribution in [1.29, 1.82) is 5.26 Å². The standard InChI is InChI=1S/C23H26N8O/c24-10-16-1-2-19(9-22(16)29-20-3-6-25-14-20)30-23-26-11-17(12-27-23)18-13-28-31(15-18)21-4-7-32-8-5-21/h1-2,9,11-13,15,20-21,25,29H,3-8,14H2,(H,26,27,30)/t20-/m1/s1. The number of hydrogen-bond donors (Lipinski definition) is 3. The van der Waals surface area contributed by atoms with Crippen LogP contribution >= 0.6 is 0 Å². The van der Waals surface area contributed by atoms with Gasteiger partial charge in [-0.15, -0.1) is 0 Å². The van der Waals surface area contributed by atoms with E-state index in [-0.39, 0.29) is 0 Å². The Labute approximate surface area is 186 Å². The molecule has 0 unspecified atom stereocenters. The van der Waals surface area contributed by atoms with E-state index >= 15 is 0 Å². The molecular weight excluding hydrogens is 404 g/mol. The molecule has 2 aliphatic heterocycles. The van der Waals surface area contributed by atoms with Crippen molar-refractivity contribution in [3.63, 3.8) is 0 Å². The third-order valence-electron chi connectivity index (χ3n) is 5.97. The van der Waals surface area contributed by atoms with Gasteiger partial charge in [-0.1, -0.05) is 0 Å². The van der Waals surface area contributed by atoms with Crippen LogP contribution in [-0.2, 0) is 4.74 Å². The molecule has 9 nitrogen and oxygen atoms in total. The second kappa shape index (κ2) is 9.34. The normalized spacial score (nSPS) is 18.9. The van der Waals surface area contributed by atoms with E-state index in [0.29, 0.717) is 23.6 Å². The number of nitrogens with zero attached hydrogens (tertiary/aromatic N) is 5. The van der Waals surface area contributed by atoms with Gasteiger partial charge in [-0.3, -0.25) is 4.68 Å². The Balaban J connectivity index is 1.27. The SMILES string of the molecule is N#Cc1ccc(Nc2ncc(-c3cnn(C4CCOCC4)c3)cn2)cc1N[C@@H]1CCNC1. The summed E-state index contributed by atoms with van der Waals surface area (Å²) >= 11 is 0. The summed E-state index contributed by atoms with van der Waals surface area (Å²) in [5.41, 5.74) is 4.20. The molecule has 9 heteroatoms. The van der Waals surface area contributed by atoms with Gasteiger partial charge in [0.1, 0.15) is 6.07 Å². The molecule has 2 saturated heterocycles. The fourth-order valence-corrected chi connectivity index (χ4v) is 4.14. The summed E-state index contributed by atoms with van der Waals surface area (Å²) in [5.74, 6) is 0.503. The number of hydrogen-bond acceptors (Lipinski definition) is 8. The minimum Gasteiger partial charge on any atom is -0.381 e. The summed E-state index contributed by atoms with van der Waals surface area (Å²) in [7, 11) is 0. The van der Waals surface area contributed by atoms with Crippen LogP contribution in [0.25, 0.3) is 11.1 Å². The van der Waals surface area contributed by atoms with Gasteiger partial charge in [0.2, 0.25) is 5.95 Å². The molecule has 1 aromatic carbocycles. The number of anilines is 3. The van der Waals surface area contributed by atoms with E-state index in [2.05, 4.69) is 43.3 Å². The van der Waals surface area contributed by atoms with Gasteiger partial charge < -0.3 is 20.7 Å². The smallest absolute Gasteiger partial charge is 0.227 e. The van der Waals surface area contributed by atoms with Crippen molar-refractivity contribution in [2.45, 2.75) is 31.3 Å². The molecule has 32 heavy (non-hydrogen) atoms. The van der Waals surface area contributed by atoms with Crippen LogP contribution in [0, 0.1) is 11.3 Å².